The van der Waals surface area contributed by atoms with E-state index in [4.69, 9.17) is 0 Å². The van der Waals surface area contributed by atoms with Crippen LogP contribution in [-0.2, 0) is 22.6 Å². The van der Waals surface area contributed by atoms with E-state index in [-0.39, 0.29) is 11.8 Å². The number of fused-ring (bicyclic) bond motifs is 1. The highest BCUT2D eigenvalue weighted by Gasteiger charge is 2.34. The van der Waals surface area contributed by atoms with Crippen molar-refractivity contribution < 1.29 is 9.59 Å². The fraction of sp³-hybridized carbons (Fsp3) is 0.619. The van der Waals surface area contributed by atoms with Crippen LogP contribution in [0, 0.1) is 11.8 Å². The van der Waals surface area contributed by atoms with Crippen molar-refractivity contribution >= 4 is 17.5 Å². The molecule has 0 atom stereocenters. The van der Waals surface area contributed by atoms with E-state index in [0.717, 1.165) is 31.5 Å². The van der Waals surface area contributed by atoms with Crippen molar-refractivity contribution in [2.45, 2.75) is 64.3 Å². The molecule has 1 aromatic carbocycles. The summed E-state index contributed by atoms with van der Waals surface area (Å²) < 4.78 is 0. The van der Waals surface area contributed by atoms with E-state index in [1.165, 1.54) is 43.2 Å². The molecule has 1 N–H and O–H groups in total. The molecule has 4 rings (SSSR count). The average Bonchev–Trinajstić information content (AvgIpc) is 3.46. The number of nitrogens with zero attached hydrogens (tertiary/aromatic N) is 1. The lowest BCUT2D eigenvalue weighted by molar-refractivity contribution is -0.133. The molecule has 0 unspecified atom stereocenters. The Bertz CT molecular complexity index is 660. The minimum absolute atomic E-state index is 0.133. The minimum atomic E-state index is 0.133. The average molecular weight is 340 g/mol. The highest BCUT2D eigenvalue weighted by Crippen LogP contribution is 2.33. The first kappa shape index (κ1) is 16.6. The first-order chi connectivity index (χ1) is 12.2. The molecule has 0 aromatic heterocycles. The number of benzene rings is 1. The van der Waals surface area contributed by atoms with Crippen molar-refractivity contribution in [2.24, 2.45) is 11.8 Å². The molecule has 4 heteroatoms. The fourth-order valence-electron chi connectivity index (χ4n) is 4.28. The van der Waals surface area contributed by atoms with Gasteiger partial charge < -0.3 is 10.2 Å². The number of hydrogen-bond acceptors (Lipinski definition) is 2. The van der Waals surface area contributed by atoms with Crippen molar-refractivity contribution in [3.8, 4) is 0 Å². The third-order valence-electron chi connectivity index (χ3n) is 5.94. The molecule has 25 heavy (non-hydrogen) atoms. The van der Waals surface area contributed by atoms with Gasteiger partial charge in [0.1, 0.15) is 0 Å². The summed E-state index contributed by atoms with van der Waals surface area (Å²) in [6, 6.07) is 6.20. The lowest BCUT2D eigenvalue weighted by Gasteiger charge is -2.29. The smallest absolute Gasteiger partial charge is 0.225 e. The Hall–Kier alpha value is -1.84. The van der Waals surface area contributed by atoms with Gasteiger partial charge in [-0.05, 0) is 61.3 Å². The zero-order chi connectivity index (χ0) is 17.2. The van der Waals surface area contributed by atoms with Crippen molar-refractivity contribution in [3.63, 3.8) is 0 Å². The van der Waals surface area contributed by atoms with Gasteiger partial charge in [0.2, 0.25) is 11.8 Å². The molecule has 2 aliphatic carbocycles. The van der Waals surface area contributed by atoms with Crippen LogP contribution in [0.15, 0.2) is 18.2 Å². The summed E-state index contributed by atoms with van der Waals surface area (Å²) in [5.74, 6) is 1.28. The Morgan fingerprint density at radius 3 is 2.60 bits per heavy atom. The predicted molar refractivity (Wildman–Crippen MR) is 98.1 cm³/mol. The summed E-state index contributed by atoms with van der Waals surface area (Å²) in [6.07, 6.45) is 9.90. The molecule has 2 saturated carbocycles. The van der Waals surface area contributed by atoms with Gasteiger partial charge >= 0.3 is 0 Å². The van der Waals surface area contributed by atoms with Gasteiger partial charge in [0.05, 0.1) is 0 Å². The summed E-state index contributed by atoms with van der Waals surface area (Å²) >= 11 is 0. The quantitative estimate of drug-likeness (QED) is 0.904. The Labute approximate surface area is 150 Å². The summed E-state index contributed by atoms with van der Waals surface area (Å²) in [5, 5.41) is 3.08. The van der Waals surface area contributed by atoms with Crippen molar-refractivity contribution in [2.75, 3.05) is 11.9 Å². The SMILES string of the molecule is O=C(CC1CCCCC1)Nc1ccc2c(c1)CN(C(=O)C1CC1)CC2. The standard InChI is InChI=1S/C21H28N2O2/c24-20(12-15-4-2-1-3-5-15)22-19-9-8-16-10-11-23(14-18(16)13-19)21(25)17-6-7-17/h8-9,13,15,17H,1-7,10-12,14H2,(H,22,24). The fourth-order valence-corrected chi connectivity index (χ4v) is 4.28. The van der Waals surface area contributed by atoms with E-state index in [2.05, 4.69) is 17.4 Å². The molecule has 1 heterocycles. The first-order valence-corrected chi connectivity index (χ1v) is 9.89. The molecule has 3 aliphatic rings. The third-order valence-corrected chi connectivity index (χ3v) is 5.94. The zero-order valence-corrected chi connectivity index (χ0v) is 14.9. The van der Waals surface area contributed by atoms with Crippen LogP contribution < -0.4 is 5.32 Å². The molecular formula is C21H28N2O2. The van der Waals surface area contributed by atoms with E-state index >= 15 is 0 Å². The summed E-state index contributed by atoms with van der Waals surface area (Å²) in [5.41, 5.74) is 3.38. The Balaban J connectivity index is 1.37. The molecule has 134 valence electrons. The molecular weight excluding hydrogens is 312 g/mol. The van der Waals surface area contributed by atoms with Crippen molar-refractivity contribution in [1.29, 1.82) is 0 Å². The maximum atomic E-state index is 12.3. The molecule has 0 radical (unpaired) electrons. The first-order valence-electron chi connectivity index (χ1n) is 9.89. The number of amides is 2. The Kier molecular flexibility index (Phi) is 4.78. The number of hydrogen-bond donors (Lipinski definition) is 1. The molecule has 1 aromatic rings. The van der Waals surface area contributed by atoms with Crippen LogP contribution in [0.4, 0.5) is 5.69 Å². The maximum absolute atomic E-state index is 12.3. The van der Waals surface area contributed by atoms with Crippen LogP contribution >= 0.6 is 0 Å². The van der Waals surface area contributed by atoms with E-state index in [1.54, 1.807) is 0 Å². The summed E-state index contributed by atoms with van der Waals surface area (Å²) in [7, 11) is 0. The topological polar surface area (TPSA) is 49.4 Å². The number of carbonyl (C=O) groups excluding carboxylic acids is 2. The third kappa shape index (κ3) is 4.05. The number of carbonyl (C=O) groups is 2. The number of nitrogens with one attached hydrogen (secondary N) is 1. The second kappa shape index (κ2) is 7.19. The van der Waals surface area contributed by atoms with Crippen LogP contribution in [0.3, 0.4) is 0 Å². The lowest BCUT2D eigenvalue weighted by Crippen LogP contribution is -2.36. The van der Waals surface area contributed by atoms with Crippen LogP contribution in [0.1, 0.15) is 62.5 Å². The monoisotopic (exact) mass is 340 g/mol. The van der Waals surface area contributed by atoms with Crippen LogP contribution in [0.25, 0.3) is 0 Å². The highest BCUT2D eigenvalue weighted by atomic mass is 16.2. The number of anilines is 1. The van der Waals surface area contributed by atoms with Gasteiger partial charge in [0, 0.05) is 31.1 Å². The van der Waals surface area contributed by atoms with Gasteiger partial charge in [0.25, 0.3) is 0 Å². The van der Waals surface area contributed by atoms with Crippen LogP contribution in [-0.4, -0.2) is 23.3 Å². The van der Waals surface area contributed by atoms with Gasteiger partial charge in [-0.15, -0.1) is 0 Å². The lowest BCUT2D eigenvalue weighted by atomic mass is 9.87. The van der Waals surface area contributed by atoms with Gasteiger partial charge in [0.15, 0.2) is 0 Å². The number of rotatable bonds is 4. The Morgan fingerprint density at radius 1 is 1.04 bits per heavy atom. The predicted octanol–water partition coefficient (Wildman–Crippen LogP) is 3.89. The van der Waals surface area contributed by atoms with Crippen molar-refractivity contribution in [1.82, 2.24) is 4.90 Å². The molecule has 0 saturated heterocycles. The van der Waals surface area contributed by atoms with Crippen LogP contribution in [0.5, 0.6) is 0 Å². The highest BCUT2D eigenvalue weighted by molar-refractivity contribution is 5.91. The second-order valence-corrected chi connectivity index (χ2v) is 8.02. The van der Waals surface area contributed by atoms with Gasteiger partial charge in [-0.1, -0.05) is 25.3 Å². The molecule has 2 fully saturated rings. The summed E-state index contributed by atoms with van der Waals surface area (Å²) in [4.78, 5) is 26.6. The summed E-state index contributed by atoms with van der Waals surface area (Å²) in [6.45, 7) is 1.52. The van der Waals surface area contributed by atoms with E-state index in [9.17, 15) is 9.59 Å². The van der Waals surface area contributed by atoms with E-state index < -0.39 is 0 Å². The van der Waals surface area contributed by atoms with E-state index in [1.807, 2.05) is 11.0 Å². The minimum Gasteiger partial charge on any atom is -0.338 e. The molecule has 0 spiro atoms. The van der Waals surface area contributed by atoms with Crippen LogP contribution in [0.2, 0.25) is 0 Å². The van der Waals surface area contributed by atoms with Gasteiger partial charge in [-0.3, -0.25) is 9.59 Å². The molecule has 2 amide bonds. The molecule has 1 aliphatic heterocycles. The zero-order valence-electron chi connectivity index (χ0n) is 14.9. The molecule has 4 nitrogen and oxygen atoms in total. The largest absolute Gasteiger partial charge is 0.338 e. The van der Waals surface area contributed by atoms with Crippen molar-refractivity contribution in [3.05, 3.63) is 29.3 Å². The van der Waals surface area contributed by atoms with Gasteiger partial charge in [-0.2, -0.15) is 0 Å². The van der Waals surface area contributed by atoms with Gasteiger partial charge in [-0.25, -0.2) is 0 Å². The second-order valence-electron chi connectivity index (χ2n) is 8.02. The Morgan fingerprint density at radius 2 is 1.84 bits per heavy atom. The normalized spacial score (nSPS) is 20.9. The van der Waals surface area contributed by atoms with E-state index in [0.29, 0.717) is 24.8 Å². The maximum Gasteiger partial charge on any atom is 0.225 e. The molecule has 0 bridgehead atoms.